The average Bonchev–Trinajstić information content (AvgIpc) is 3.15. The highest BCUT2D eigenvalue weighted by Gasteiger charge is 2.57. The Balaban J connectivity index is 1.56. The van der Waals surface area contributed by atoms with Crippen LogP contribution >= 0.6 is 0 Å². The third-order valence-corrected chi connectivity index (χ3v) is 7.42. The van der Waals surface area contributed by atoms with Gasteiger partial charge in [-0.3, -0.25) is 4.79 Å². The summed E-state index contributed by atoms with van der Waals surface area (Å²) in [6.07, 6.45) is -2.87. The van der Waals surface area contributed by atoms with Gasteiger partial charge in [0.1, 0.15) is 5.65 Å². The molecule has 4 heterocycles. The normalized spacial score (nSPS) is 20.3. The number of aliphatic hydroxyl groups is 1. The fourth-order valence-electron chi connectivity index (χ4n) is 5.02. The zero-order valence-electron chi connectivity index (χ0n) is 20.4. The molecule has 36 heavy (non-hydrogen) atoms. The lowest BCUT2D eigenvalue weighted by molar-refractivity contribution is -0.250. The third kappa shape index (κ3) is 4.16. The molecule has 10 heteroatoms. The minimum absolute atomic E-state index is 0.0123. The Morgan fingerprint density at radius 2 is 2.00 bits per heavy atom. The van der Waals surface area contributed by atoms with E-state index in [-0.39, 0.29) is 19.1 Å². The zero-order chi connectivity index (χ0) is 25.8. The summed E-state index contributed by atoms with van der Waals surface area (Å²) in [5.41, 5.74) is 4.09. The number of halogens is 3. The largest absolute Gasteiger partial charge is 0.426 e. The maximum Gasteiger partial charge on any atom is 0.426 e. The van der Waals surface area contributed by atoms with Crippen LogP contribution in [0.2, 0.25) is 0 Å². The third-order valence-electron chi connectivity index (χ3n) is 7.42. The second kappa shape index (κ2) is 8.86. The van der Waals surface area contributed by atoms with Gasteiger partial charge in [0.25, 0.3) is 5.91 Å². The highest BCUT2D eigenvalue weighted by molar-refractivity contribution is 5.87. The van der Waals surface area contributed by atoms with Crippen LogP contribution in [0.1, 0.15) is 40.9 Å². The first-order chi connectivity index (χ1) is 17.0. The Morgan fingerprint density at radius 1 is 1.22 bits per heavy atom. The van der Waals surface area contributed by atoms with Gasteiger partial charge in [-0.05, 0) is 67.1 Å². The summed E-state index contributed by atoms with van der Waals surface area (Å²) in [4.78, 5) is 21.7. The van der Waals surface area contributed by atoms with E-state index in [1.54, 1.807) is 0 Å². The number of fused-ring (bicyclic) bond motifs is 2. The molecule has 0 bridgehead atoms. The molecule has 2 aromatic heterocycles. The predicted octanol–water partition coefficient (Wildman–Crippen LogP) is 3.71. The first-order valence-corrected chi connectivity index (χ1v) is 12.0. The quantitative estimate of drug-likeness (QED) is 0.508. The summed E-state index contributed by atoms with van der Waals surface area (Å²) in [6.45, 7) is 6.27. The Labute approximate surface area is 206 Å². The summed E-state index contributed by atoms with van der Waals surface area (Å²) in [5.74, 6) is -1.34. The molecule has 3 aromatic rings. The fourth-order valence-corrected chi connectivity index (χ4v) is 5.02. The molecule has 1 aromatic carbocycles. The van der Waals surface area contributed by atoms with Gasteiger partial charge in [-0.1, -0.05) is 6.07 Å². The molecule has 2 atom stereocenters. The molecule has 0 radical (unpaired) electrons. The van der Waals surface area contributed by atoms with Gasteiger partial charge in [0, 0.05) is 42.5 Å². The number of nitrogens with one attached hydrogen (secondary N) is 2. The summed E-state index contributed by atoms with van der Waals surface area (Å²) in [6, 6.07) is 5.97. The minimum Gasteiger partial charge on any atom is -0.378 e. The molecule has 1 saturated heterocycles. The lowest BCUT2D eigenvalue weighted by atomic mass is 9.86. The summed E-state index contributed by atoms with van der Waals surface area (Å²) in [5, 5.41) is 14.4. The number of hydrogen-bond acceptors (Lipinski definition) is 5. The molecule has 3 N–H and O–H groups in total. The standard InChI is InChI=1S/C26H29F3N4O3/c1-14-15(2)32-23-19(14)10-18(11-31-23)17-8-16-4-6-33(24(34)25(3,35)26(27,28)29)12-21(16)20(9-17)22-13-36-7-5-30-22/h8-11,22,30,35H,4-7,12-13H2,1-3H3,(H,31,32)/t22-,25-/m0/s1. The second-order valence-corrected chi connectivity index (χ2v) is 9.83. The van der Waals surface area contributed by atoms with E-state index in [1.165, 1.54) is 0 Å². The molecule has 0 unspecified atom stereocenters. The van der Waals surface area contributed by atoms with Crippen molar-refractivity contribution in [3.8, 4) is 11.1 Å². The van der Waals surface area contributed by atoms with Gasteiger partial charge < -0.3 is 25.0 Å². The number of aryl methyl sites for hydroxylation is 2. The van der Waals surface area contributed by atoms with Crippen LogP contribution in [0.3, 0.4) is 0 Å². The lowest BCUT2D eigenvalue weighted by Crippen LogP contribution is -2.56. The molecular formula is C26H29F3N4O3. The number of benzene rings is 1. The maximum atomic E-state index is 13.4. The van der Waals surface area contributed by atoms with Gasteiger partial charge in [-0.25, -0.2) is 4.98 Å². The van der Waals surface area contributed by atoms with Crippen molar-refractivity contribution >= 4 is 16.9 Å². The van der Waals surface area contributed by atoms with Crippen LogP contribution in [0, 0.1) is 13.8 Å². The zero-order valence-corrected chi connectivity index (χ0v) is 20.4. The SMILES string of the molecule is Cc1[nH]c2ncc(-c3cc4c(c([C@@H]5COCCN5)c3)CN(C(=O)[C@](C)(O)C(F)(F)F)CC4)cc2c1C. The van der Waals surface area contributed by atoms with E-state index >= 15 is 0 Å². The molecule has 1 amide bonds. The molecule has 0 saturated carbocycles. The Morgan fingerprint density at radius 3 is 2.69 bits per heavy atom. The van der Waals surface area contributed by atoms with E-state index in [4.69, 9.17) is 4.74 Å². The number of hydrogen-bond donors (Lipinski definition) is 3. The molecule has 2 aliphatic heterocycles. The van der Waals surface area contributed by atoms with Crippen LogP contribution in [0.15, 0.2) is 24.4 Å². The maximum absolute atomic E-state index is 13.4. The molecular weight excluding hydrogens is 473 g/mol. The highest BCUT2D eigenvalue weighted by Crippen LogP contribution is 2.37. The molecule has 0 spiro atoms. The average molecular weight is 503 g/mol. The predicted molar refractivity (Wildman–Crippen MR) is 128 cm³/mol. The fraction of sp³-hybridized carbons (Fsp3) is 0.462. The number of carbonyl (C=O) groups excluding carboxylic acids is 1. The van der Waals surface area contributed by atoms with Gasteiger partial charge in [-0.15, -0.1) is 0 Å². The van der Waals surface area contributed by atoms with Crippen molar-refractivity contribution in [3.63, 3.8) is 0 Å². The smallest absolute Gasteiger partial charge is 0.378 e. The van der Waals surface area contributed by atoms with Crippen LogP contribution < -0.4 is 5.32 Å². The second-order valence-electron chi connectivity index (χ2n) is 9.83. The molecule has 192 valence electrons. The van der Waals surface area contributed by atoms with E-state index in [0.717, 1.165) is 55.0 Å². The lowest BCUT2D eigenvalue weighted by Gasteiger charge is -2.37. The van der Waals surface area contributed by atoms with Gasteiger partial charge >= 0.3 is 6.18 Å². The molecule has 7 nitrogen and oxygen atoms in total. The number of aromatic nitrogens is 2. The van der Waals surface area contributed by atoms with Crippen molar-refractivity contribution < 1.29 is 27.8 Å². The van der Waals surface area contributed by atoms with Crippen LogP contribution in [0.5, 0.6) is 0 Å². The molecule has 5 rings (SSSR count). The van der Waals surface area contributed by atoms with Crippen molar-refractivity contribution in [2.24, 2.45) is 0 Å². The van der Waals surface area contributed by atoms with Crippen LogP contribution in [-0.2, 0) is 22.5 Å². The molecule has 1 fully saturated rings. The van der Waals surface area contributed by atoms with Gasteiger partial charge in [0.15, 0.2) is 0 Å². The monoisotopic (exact) mass is 502 g/mol. The number of amides is 1. The number of ether oxygens (including phenoxy) is 1. The number of aromatic amines is 1. The van der Waals surface area contributed by atoms with Crippen molar-refractivity contribution in [2.75, 3.05) is 26.3 Å². The Hall–Kier alpha value is -2.95. The van der Waals surface area contributed by atoms with Gasteiger partial charge in [0.05, 0.1) is 19.3 Å². The summed E-state index contributed by atoms with van der Waals surface area (Å²) >= 11 is 0. The Kier molecular flexibility index (Phi) is 6.09. The molecule has 0 aliphatic carbocycles. The van der Waals surface area contributed by atoms with E-state index in [2.05, 4.69) is 21.4 Å². The topological polar surface area (TPSA) is 90.5 Å². The number of morpholine rings is 1. The number of alkyl halides is 3. The number of carbonyl (C=O) groups is 1. The number of rotatable bonds is 3. The van der Waals surface area contributed by atoms with Gasteiger partial charge in [0.2, 0.25) is 5.60 Å². The van der Waals surface area contributed by atoms with Crippen LogP contribution in [0.25, 0.3) is 22.2 Å². The summed E-state index contributed by atoms with van der Waals surface area (Å²) in [7, 11) is 0. The van der Waals surface area contributed by atoms with Crippen molar-refractivity contribution in [3.05, 3.63) is 52.3 Å². The number of nitrogens with zero attached hydrogens (tertiary/aromatic N) is 2. The summed E-state index contributed by atoms with van der Waals surface area (Å²) < 4.78 is 45.7. The minimum atomic E-state index is -5.06. The van der Waals surface area contributed by atoms with Gasteiger partial charge in [-0.2, -0.15) is 13.2 Å². The van der Waals surface area contributed by atoms with Crippen molar-refractivity contribution in [1.29, 1.82) is 0 Å². The first-order valence-electron chi connectivity index (χ1n) is 12.0. The highest BCUT2D eigenvalue weighted by atomic mass is 19.4. The number of pyridine rings is 1. The van der Waals surface area contributed by atoms with Crippen LogP contribution in [0.4, 0.5) is 13.2 Å². The van der Waals surface area contributed by atoms with Crippen molar-refractivity contribution in [1.82, 2.24) is 20.2 Å². The first kappa shape index (κ1) is 24.7. The van der Waals surface area contributed by atoms with E-state index in [0.29, 0.717) is 33.1 Å². The molecule has 2 aliphatic rings. The van der Waals surface area contributed by atoms with E-state index < -0.39 is 17.7 Å². The number of H-pyrrole nitrogens is 1. The van der Waals surface area contributed by atoms with E-state index in [1.807, 2.05) is 32.2 Å². The Bertz CT molecular complexity index is 1330. The van der Waals surface area contributed by atoms with Crippen molar-refractivity contribution in [2.45, 2.75) is 51.6 Å². The van der Waals surface area contributed by atoms with Crippen LogP contribution in [-0.4, -0.2) is 64.0 Å². The van der Waals surface area contributed by atoms with E-state index in [9.17, 15) is 23.1 Å².